The number of carbonyl (C=O) groups is 1. The Labute approximate surface area is 186 Å². The summed E-state index contributed by atoms with van der Waals surface area (Å²) in [6.45, 7) is 2.86. The molecule has 0 radical (unpaired) electrons. The number of guanidine groups is 1. The zero-order valence-corrected chi connectivity index (χ0v) is 19.1. The Bertz CT molecular complexity index is 782. The average Bonchev–Trinajstić information content (AvgIpc) is 3.22. The Morgan fingerprint density at radius 1 is 1.36 bits per heavy atom. The summed E-state index contributed by atoms with van der Waals surface area (Å²) in [5.41, 5.74) is 6.58. The highest BCUT2D eigenvalue weighted by molar-refractivity contribution is 14.0. The van der Waals surface area contributed by atoms with E-state index in [1.165, 1.54) is 4.88 Å². The number of aromatic nitrogens is 1. The summed E-state index contributed by atoms with van der Waals surface area (Å²) in [7, 11) is 1.76. The molecule has 1 saturated heterocycles. The Morgan fingerprint density at radius 3 is 2.89 bits per heavy atom. The van der Waals surface area contributed by atoms with Crippen LogP contribution in [-0.4, -0.2) is 37.0 Å². The molecular weight excluding hydrogens is 487 g/mol. The summed E-state index contributed by atoms with van der Waals surface area (Å²) in [5, 5.41) is 8.73. The average molecular weight is 514 g/mol. The minimum Gasteiger partial charge on any atom is -0.369 e. The van der Waals surface area contributed by atoms with E-state index in [2.05, 4.69) is 43.0 Å². The van der Waals surface area contributed by atoms with Gasteiger partial charge in [-0.15, -0.1) is 35.3 Å². The quantitative estimate of drug-likeness (QED) is 0.313. The second-order valence-electron chi connectivity index (χ2n) is 6.53. The predicted molar refractivity (Wildman–Crippen MR) is 125 cm³/mol. The minimum absolute atomic E-state index is 0. The summed E-state index contributed by atoms with van der Waals surface area (Å²) in [4.78, 5) is 23.8. The fourth-order valence-corrected chi connectivity index (χ4v) is 3.88. The molecule has 0 saturated carbocycles. The van der Waals surface area contributed by atoms with E-state index in [9.17, 15) is 4.79 Å². The van der Waals surface area contributed by atoms with Crippen molar-refractivity contribution in [1.82, 2.24) is 15.6 Å². The second kappa shape index (κ2) is 11.2. The molecule has 2 aromatic rings. The molecule has 152 valence electrons. The molecular formula is C19H27IN6OS. The van der Waals surface area contributed by atoms with Crippen molar-refractivity contribution in [3.63, 3.8) is 0 Å². The highest BCUT2D eigenvalue weighted by Crippen LogP contribution is 2.24. The van der Waals surface area contributed by atoms with Gasteiger partial charge in [-0.1, -0.05) is 12.1 Å². The molecule has 1 aliphatic heterocycles. The number of thiophene rings is 1. The Balaban J connectivity index is 0.00000280. The molecule has 7 nitrogen and oxygen atoms in total. The first-order valence-electron chi connectivity index (χ1n) is 9.12. The van der Waals surface area contributed by atoms with Crippen molar-refractivity contribution in [3.8, 4) is 0 Å². The Kier molecular flexibility index (Phi) is 8.97. The first-order chi connectivity index (χ1) is 13.2. The van der Waals surface area contributed by atoms with Crippen molar-refractivity contribution in [2.24, 2.45) is 16.6 Å². The predicted octanol–water partition coefficient (Wildman–Crippen LogP) is 2.33. The summed E-state index contributed by atoms with van der Waals surface area (Å²) >= 11 is 1.71. The first kappa shape index (κ1) is 22.4. The van der Waals surface area contributed by atoms with E-state index in [-0.39, 0.29) is 35.8 Å². The number of anilines is 1. The van der Waals surface area contributed by atoms with Crippen LogP contribution in [0.5, 0.6) is 0 Å². The van der Waals surface area contributed by atoms with Gasteiger partial charge in [0.05, 0.1) is 12.5 Å². The van der Waals surface area contributed by atoms with E-state index in [4.69, 9.17) is 5.73 Å². The fraction of sp³-hybridized carbons (Fsp3) is 0.421. The van der Waals surface area contributed by atoms with Gasteiger partial charge >= 0.3 is 0 Å². The number of hydrogen-bond acceptors (Lipinski definition) is 5. The molecule has 2 aromatic heterocycles. The van der Waals surface area contributed by atoms with Crippen LogP contribution in [0.2, 0.25) is 0 Å². The number of piperidine rings is 1. The van der Waals surface area contributed by atoms with Crippen LogP contribution in [-0.2, 0) is 17.9 Å². The van der Waals surface area contributed by atoms with Crippen molar-refractivity contribution < 1.29 is 4.79 Å². The Hall–Kier alpha value is -1.88. The summed E-state index contributed by atoms with van der Waals surface area (Å²) in [5.74, 6) is 1.31. The third-order valence-corrected chi connectivity index (χ3v) is 5.55. The molecule has 1 atom stereocenters. The third-order valence-electron chi connectivity index (χ3n) is 4.67. The van der Waals surface area contributed by atoms with Crippen LogP contribution < -0.4 is 21.3 Å². The largest absolute Gasteiger partial charge is 0.369 e. The number of nitrogens with two attached hydrogens (primary N) is 1. The van der Waals surface area contributed by atoms with E-state index in [1.807, 2.05) is 12.1 Å². The molecule has 0 aromatic carbocycles. The van der Waals surface area contributed by atoms with E-state index in [1.54, 1.807) is 24.6 Å². The van der Waals surface area contributed by atoms with E-state index >= 15 is 0 Å². The lowest BCUT2D eigenvalue weighted by Crippen LogP contribution is -2.42. The van der Waals surface area contributed by atoms with Gasteiger partial charge in [0.25, 0.3) is 0 Å². The molecule has 0 bridgehead atoms. The summed E-state index contributed by atoms with van der Waals surface area (Å²) in [6.07, 6.45) is 3.59. The topological polar surface area (TPSA) is 95.6 Å². The molecule has 1 fully saturated rings. The monoisotopic (exact) mass is 514 g/mol. The number of carbonyl (C=O) groups excluding carboxylic acids is 1. The zero-order chi connectivity index (χ0) is 19.1. The van der Waals surface area contributed by atoms with Crippen LogP contribution in [0.25, 0.3) is 0 Å². The van der Waals surface area contributed by atoms with Crippen LogP contribution in [0.4, 0.5) is 5.82 Å². The molecule has 9 heteroatoms. The van der Waals surface area contributed by atoms with Gasteiger partial charge in [-0.2, -0.15) is 0 Å². The van der Waals surface area contributed by atoms with Gasteiger partial charge in [-0.3, -0.25) is 9.79 Å². The number of aliphatic imine (C=N–C) groups is 1. The number of hydrogen-bond donors (Lipinski definition) is 3. The highest BCUT2D eigenvalue weighted by atomic mass is 127. The van der Waals surface area contributed by atoms with Gasteiger partial charge < -0.3 is 21.3 Å². The minimum atomic E-state index is -0.228. The van der Waals surface area contributed by atoms with Crippen molar-refractivity contribution in [1.29, 1.82) is 0 Å². The SMILES string of the molecule is CN=C(NCc1cccs1)NCc1cccnc1N1CCCC(C(N)=O)C1.I. The molecule has 4 N–H and O–H groups in total. The molecule has 3 rings (SSSR count). The first-order valence-corrected chi connectivity index (χ1v) is 10.0. The van der Waals surface area contributed by atoms with Crippen molar-refractivity contribution >= 4 is 53.0 Å². The Morgan fingerprint density at radius 2 is 2.18 bits per heavy atom. The van der Waals surface area contributed by atoms with Gasteiger partial charge in [0.2, 0.25) is 5.91 Å². The smallest absolute Gasteiger partial charge is 0.222 e. The number of nitrogens with one attached hydrogen (secondary N) is 2. The number of nitrogens with zero attached hydrogens (tertiary/aromatic N) is 3. The lowest BCUT2D eigenvalue weighted by atomic mass is 9.97. The molecule has 1 aliphatic rings. The fourth-order valence-electron chi connectivity index (χ4n) is 3.24. The summed E-state index contributed by atoms with van der Waals surface area (Å²) < 4.78 is 0. The molecule has 1 amide bonds. The maximum absolute atomic E-state index is 11.6. The molecule has 1 unspecified atom stereocenters. The number of amides is 1. The van der Waals surface area contributed by atoms with Crippen LogP contribution in [0.3, 0.4) is 0 Å². The molecule has 0 spiro atoms. The summed E-state index contributed by atoms with van der Waals surface area (Å²) in [6, 6.07) is 8.11. The van der Waals surface area contributed by atoms with Crippen molar-refractivity contribution in [2.75, 3.05) is 25.0 Å². The van der Waals surface area contributed by atoms with Gasteiger partial charge in [0, 0.05) is 43.3 Å². The van der Waals surface area contributed by atoms with Crippen molar-refractivity contribution in [2.45, 2.75) is 25.9 Å². The number of primary amides is 1. The number of pyridine rings is 1. The van der Waals surface area contributed by atoms with Gasteiger partial charge in [0.1, 0.15) is 5.82 Å². The van der Waals surface area contributed by atoms with Crippen LogP contribution in [0, 0.1) is 5.92 Å². The van der Waals surface area contributed by atoms with Crippen molar-refractivity contribution in [3.05, 3.63) is 46.3 Å². The number of halogens is 1. The maximum atomic E-state index is 11.6. The second-order valence-corrected chi connectivity index (χ2v) is 7.56. The van der Waals surface area contributed by atoms with Gasteiger partial charge in [-0.25, -0.2) is 4.98 Å². The third kappa shape index (κ3) is 6.06. The van der Waals surface area contributed by atoms with Gasteiger partial charge in [-0.05, 0) is 30.4 Å². The molecule has 0 aliphatic carbocycles. The van der Waals surface area contributed by atoms with Gasteiger partial charge in [0.15, 0.2) is 5.96 Å². The number of rotatable bonds is 6. The van der Waals surface area contributed by atoms with E-state index in [0.29, 0.717) is 13.1 Å². The maximum Gasteiger partial charge on any atom is 0.222 e. The molecule has 3 heterocycles. The highest BCUT2D eigenvalue weighted by Gasteiger charge is 2.25. The van der Waals surface area contributed by atoms with Crippen LogP contribution in [0.1, 0.15) is 23.3 Å². The standard InChI is InChI=1S/C19H26N6OS.HI/c1-21-19(24-12-16-7-4-10-27-16)23-11-14-5-2-8-22-18(14)25-9-3-6-15(13-25)17(20)26;/h2,4-5,7-8,10,15H,3,6,9,11-13H2,1H3,(H2,20,26)(H2,21,23,24);1H. The van der Waals surface area contributed by atoms with Crippen LogP contribution in [0.15, 0.2) is 40.8 Å². The lowest BCUT2D eigenvalue weighted by molar-refractivity contribution is -0.122. The lowest BCUT2D eigenvalue weighted by Gasteiger charge is -2.33. The molecule has 28 heavy (non-hydrogen) atoms. The van der Waals surface area contributed by atoms with E-state index < -0.39 is 0 Å². The van der Waals surface area contributed by atoms with E-state index in [0.717, 1.165) is 43.3 Å². The van der Waals surface area contributed by atoms with Crippen LogP contribution >= 0.6 is 35.3 Å². The normalized spacial score (nSPS) is 17.0. The zero-order valence-electron chi connectivity index (χ0n) is 15.9.